The second-order valence-electron chi connectivity index (χ2n) is 10.7. The molecule has 1 N–H and O–H groups in total. The highest BCUT2D eigenvalue weighted by atomic mass is 16.3. The van der Waals surface area contributed by atoms with Crippen molar-refractivity contribution < 1.29 is 18.8 Å². The van der Waals surface area contributed by atoms with E-state index in [-0.39, 0.29) is 29.5 Å². The summed E-state index contributed by atoms with van der Waals surface area (Å²) in [4.78, 5) is 54.2. The van der Waals surface area contributed by atoms with E-state index in [2.05, 4.69) is 17.4 Å². The summed E-state index contributed by atoms with van der Waals surface area (Å²) in [6, 6.07) is 13.0. The highest BCUT2D eigenvalue weighted by Gasteiger charge is 2.27. The second kappa shape index (κ2) is 11.4. The van der Waals surface area contributed by atoms with Gasteiger partial charge in [0.1, 0.15) is 5.58 Å². The zero-order chi connectivity index (χ0) is 27.5. The summed E-state index contributed by atoms with van der Waals surface area (Å²) in [7, 11) is 0. The quantitative estimate of drug-likeness (QED) is 0.519. The molecule has 2 aliphatic heterocycles. The summed E-state index contributed by atoms with van der Waals surface area (Å²) in [5.74, 6) is -0.309. The Bertz CT molecular complexity index is 1470. The van der Waals surface area contributed by atoms with Crippen LogP contribution in [-0.4, -0.2) is 53.7 Å². The van der Waals surface area contributed by atoms with Crippen LogP contribution in [0.5, 0.6) is 0 Å². The molecule has 5 rings (SSSR count). The fourth-order valence-corrected chi connectivity index (χ4v) is 5.63. The van der Waals surface area contributed by atoms with Gasteiger partial charge in [-0.25, -0.2) is 0 Å². The first-order valence-electron chi connectivity index (χ1n) is 13.8. The van der Waals surface area contributed by atoms with Crippen molar-refractivity contribution in [1.29, 1.82) is 0 Å². The van der Waals surface area contributed by atoms with Crippen molar-refractivity contribution in [2.45, 2.75) is 58.4 Å². The van der Waals surface area contributed by atoms with Crippen molar-refractivity contribution >= 4 is 28.7 Å². The number of amides is 3. The molecule has 3 amide bonds. The number of piperidine rings is 2. The number of likely N-dealkylation sites (tertiary alicyclic amines) is 2. The van der Waals surface area contributed by atoms with Crippen LogP contribution in [0.3, 0.4) is 0 Å². The van der Waals surface area contributed by atoms with E-state index in [1.807, 2.05) is 30.9 Å². The van der Waals surface area contributed by atoms with Crippen LogP contribution in [0.15, 0.2) is 51.7 Å². The van der Waals surface area contributed by atoms with Crippen LogP contribution in [0.25, 0.3) is 11.0 Å². The van der Waals surface area contributed by atoms with E-state index >= 15 is 0 Å². The predicted molar refractivity (Wildman–Crippen MR) is 149 cm³/mol. The number of rotatable bonds is 6. The van der Waals surface area contributed by atoms with Crippen molar-refractivity contribution in [3.05, 3.63) is 80.7 Å². The van der Waals surface area contributed by atoms with Gasteiger partial charge in [-0.2, -0.15) is 0 Å². The molecule has 2 aromatic carbocycles. The number of fused-ring (bicyclic) bond motifs is 1. The van der Waals surface area contributed by atoms with E-state index in [1.54, 1.807) is 17.0 Å². The molecule has 204 valence electrons. The van der Waals surface area contributed by atoms with Gasteiger partial charge in [-0.15, -0.1) is 0 Å². The molecule has 0 atom stereocenters. The van der Waals surface area contributed by atoms with E-state index < -0.39 is 5.91 Å². The SMILES string of the molecule is Cc1cc2oc(C(=O)NCC(=O)N3CCC(c4ccccc4CN4CCCCC4=O)CC3)cc(=O)c2cc1C. The zero-order valence-electron chi connectivity index (χ0n) is 22.6. The first kappa shape index (κ1) is 26.7. The van der Waals surface area contributed by atoms with E-state index in [4.69, 9.17) is 4.42 Å². The van der Waals surface area contributed by atoms with Gasteiger partial charge in [-0.05, 0) is 79.8 Å². The third-order valence-corrected chi connectivity index (χ3v) is 8.09. The van der Waals surface area contributed by atoms with Crippen LogP contribution >= 0.6 is 0 Å². The molecule has 3 aromatic rings. The fourth-order valence-electron chi connectivity index (χ4n) is 5.63. The number of carbonyl (C=O) groups excluding carboxylic acids is 3. The normalized spacial score (nSPS) is 16.5. The lowest BCUT2D eigenvalue weighted by Gasteiger charge is -2.34. The van der Waals surface area contributed by atoms with Crippen LogP contribution < -0.4 is 10.7 Å². The molecule has 2 fully saturated rings. The Morgan fingerprint density at radius 3 is 2.49 bits per heavy atom. The van der Waals surface area contributed by atoms with Crippen molar-refractivity contribution in [3.8, 4) is 0 Å². The number of carbonyl (C=O) groups is 3. The third kappa shape index (κ3) is 5.90. The lowest BCUT2D eigenvalue weighted by atomic mass is 9.86. The van der Waals surface area contributed by atoms with Gasteiger partial charge in [0.2, 0.25) is 11.8 Å². The molecule has 8 heteroatoms. The van der Waals surface area contributed by atoms with Gasteiger partial charge in [0, 0.05) is 38.7 Å². The molecule has 2 aliphatic rings. The minimum atomic E-state index is -0.586. The Morgan fingerprint density at radius 1 is 0.974 bits per heavy atom. The number of benzene rings is 2. The Kier molecular flexibility index (Phi) is 7.82. The molecule has 8 nitrogen and oxygen atoms in total. The fraction of sp³-hybridized carbons (Fsp3) is 0.419. The summed E-state index contributed by atoms with van der Waals surface area (Å²) in [6.07, 6.45) is 4.30. The van der Waals surface area contributed by atoms with Crippen molar-refractivity contribution in [2.24, 2.45) is 0 Å². The van der Waals surface area contributed by atoms with E-state index in [9.17, 15) is 19.2 Å². The van der Waals surface area contributed by atoms with Gasteiger partial charge >= 0.3 is 0 Å². The summed E-state index contributed by atoms with van der Waals surface area (Å²) >= 11 is 0. The average molecular weight is 530 g/mol. The molecular formula is C31H35N3O5. The molecule has 0 bridgehead atoms. The standard InChI is InChI=1S/C31H35N3O5/c1-20-15-25-26(35)17-28(39-27(25)16-21(20)2)31(38)32-18-30(37)33-13-10-22(11-14-33)24-8-4-3-7-23(24)19-34-12-6-5-9-29(34)36/h3-4,7-8,15-17,22H,5-6,9-14,18-19H2,1-2H3,(H,32,38). The first-order chi connectivity index (χ1) is 18.8. The third-order valence-electron chi connectivity index (χ3n) is 8.09. The second-order valence-corrected chi connectivity index (χ2v) is 10.7. The summed E-state index contributed by atoms with van der Waals surface area (Å²) in [5.41, 5.74) is 4.45. The van der Waals surface area contributed by atoms with Gasteiger partial charge in [0.05, 0.1) is 11.9 Å². The van der Waals surface area contributed by atoms with Crippen LogP contribution in [-0.2, 0) is 16.1 Å². The van der Waals surface area contributed by atoms with Crippen LogP contribution in [0.2, 0.25) is 0 Å². The van der Waals surface area contributed by atoms with Crippen molar-refractivity contribution in [3.63, 3.8) is 0 Å². The first-order valence-corrected chi connectivity index (χ1v) is 13.8. The molecule has 2 saturated heterocycles. The molecule has 3 heterocycles. The van der Waals surface area contributed by atoms with Crippen LogP contribution in [0, 0.1) is 13.8 Å². The largest absolute Gasteiger partial charge is 0.451 e. The summed E-state index contributed by atoms with van der Waals surface area (Å²) in [6.45, 7) is 6.32. The number of nitrogens with one attached hydrogen (secondary N) is 1. The van der Waals surface area contributed by atoms with Crippen molar-refractivity contribution in [2.75, 3.05) is 26.2 Å². The molecule has 0 radical (unpaired) electrons. The minimum absolute atomic E-state index is 0.106. The summed E-state index contributed by atoms with van der Waals surface area (Å²) in [5, 5.41) is 3.04. The summed E-state index contributed by atoms with van der Waals surface area (Å²) < 4.78 is 5.69. The minimum Gasteiger partial charge on any atom is -0.451 e. The monoisotopic (exact) mass is 529 g/mol. The van der Waals surface area contributed by atoms with Gasteiger partial charge < -0.3 is 19.5 Å². The number of hydrogen-bond acceptors (Lipinski definition) is 5. The van der Waals surface area contributed by atoms with E-state index in [0.717, 1.165) is 43.4 Å². The Hall–Kier alpha value is -3.94. The Labute approximate surface area is 228 Å². The highest BCUT2D eigenvalue weighted by Crippen LogP contribution is 2.31. The van der Waals surface area contributed by atoms with Crippen LogP contribution in [0.4, 0.5) is 0 Å². The van der Waals surface area contributed by atoms with Gasteiger partial charge in [-0.1, -0.05) is 24.3 Å². The Balaban J connectivity index is 1.17. The number of hydrogen-bond donors (Lipinski definition) is 1. The maximum atomic E-state index is 12.9. The predicted octanol–water partition coefficient (Wildman–Crippen LogP) is 4.06. The Morgan fingerprint density at radius 2 is 1.72 bits per heavy atom. The number of aryl methyl sites for hydroxylation is 2. The van der Waals surface area contributed by atoms with E-state index in [1.165, 1.54) is 17.2 Å². The van der Waals surface area contributed by atoms with Gasteiger partial charge in [0.25, 0.3) is 5.91 Å². The van der Waals surface area contributed by atoms with Crippen molar-refractivity contribution in [1.82, 2.24) is 15.1 Å². The lowest BCUT2D eigenvalue weighted by molar-refractivity contribution is -0.134. The average Bonchev–Trinajstić information content (AvgIpc) is 2.94. The van der Waals surface area contributed by atoms with Gasteiger partial charge in [-0.3, -0.25) is 19.2 Å². The maximum Gasteiger partial charge on any atom is 0.287 e. The smallest absolute Gasteiger partial charge is 0.287 e. The lowest BCUT2D eigenvalue weighted by Crippen LogP contribution is -2.44. The molecule has 0 aliphatic carbocycles. The molecule has 1 aromatic heterocycles. The zero-order valence-corrected chi connectivity index (χ0v) is 22.6. The molecular weight excluding hydrogens is 494 g/mol. The molecule has 0 saturated carbocycles. The van der Waals surface area contributed by atoms with Crippen LogP contribution in [0.1, 0.15) is 70.8 Å². The van der Waals surface area contributed by atoms with Gasteiger partial charge in [0.15, 0.2) is 11.2 Å². The topological polar surface area (TPSA) is 99.9 Å². The van der Waals surface area contributed by atoms with E-state index in [0.29, 0.717) is 42.9 Å². The number of nitrogens with zero attached hydrogens (tertiary/aromatic N) is 2. The molecule has 39 heavy (non-hydrogen) atoms. The maximum absolute atomic E-state index is 12.9. The highest BCUT2D eigenvalue weighted by molar-refractivity contribution is 5.95. The molecule has 0 unspecified atom stereocenters. The molecule has 0 spiro atoms.